The van der Waals surface area contributed by atoms with Crippen molar-refractivity contribution in [2.75, 3.05) is 12.8 Å². The summed E-state index contributed by atoms with van der Waals surface area (Å²) >= 11 is 1.47. The van der Waals surface area contributed by atoms with Crippen molar-refractivity contribution in [1.29, 1.82) is 0 Å². The van der Waals surface area contributed by atoms with E-state index in [1.54, 1.807) is 18.2 Å². The number of benzene rings is 2. The van der Waals surface area contributed by atoms with Crippen LogP contribution >= 0.6 is 11.8 Å². The minimum absolute atomic E-state index is 0.168. The highest BCUT2D eigenvalue weighted by atomic mass is 32.2. The first-order valence-electron chi connectivity index (χ1n) is 6.48. The Hall–Kier alpha value is -1.39. The summed E-state index contributed by atoms with van der Waals surface area (Å²) < 4.78 is 26.7. The third-order valence-corrected chi connectivity index (χ3v) is 4.27. The Morgan fingerprint density at radius 2 is 1.90 bits per heavy atom. The molecule has 1 atom stereocenters. The fraction of sp³-hybridized carbons (Fsp3) is 0.250. The lowest BCUT2D eigenvalue weighted by atomic mass is 10.1. The monoisotopic (exact) mass is 293 g/mol. The molecule has 0 saturated carbocycles. The maximum absolute atomic E-state index is 13.5. The van der Waals surface area contributed by atoms with Crippen molar-refractivity contribution in [2.24, 2.45) is 0 Å². The smallest absolute Gasteiger partial charge is 0.136 e. The van der Waals surface area contributed by atoms with Gasteiger partial charge in [0.2, 0.25) is 0 Å². The highest BCUT2D eigenvalue weighted by Gasteiger charge is 2.10. The van der Waals surface area contributed by atoms with Crippen molar-refractivity contribution in [3.05, 3.63) is 65.7 Å². The van der Waals surface area contributed by atoms with E-state index in [1.807, 2.05) is 19.2 Å². The van der Waals surface area contributed by atoms with Gasteiger partial charge in [0.25, 0.3) is 0 Å². The summed E-state index contributed by atoms with van der Waals surface area (Å²) in [7, 11) is 1.87. The second-order valence-electron chi connectivity index (χ2n) is 4.56. The van der Waals surface area contributed by atoms with Crippen molar-refractivity contribution < 1.29 is 8.78 Å². The maximum atomic E-state index is 13.5. The molecule has 2 aromatic carbocycles. The number of halogens is 2. The van der Waals surface area contributed by atoms with E-state index in [1.165, 1.54) is 30.0 Å². The minimum Gasteiger partial charge on any atom is -0.316 e. The SMILES string of the molecule is CNC(CSc1ccccc1F)Cc1cccc(F)c1. The molecular weight excluding hydrogens is 276 g/mol. The first-order chi connectivity index (χ1) is 9.69. The zero-order chi connectivity index (χ0) is 14.4. The predicted molar refractivity (Wildman–Crippen MR) is 80.1 cm³/mol. The number of hydrogen-bond donors (Lipinski definition) is 1. The zero-order valence-electron chi connectivity index (χ0n) is 11.3. The molecule has 0 heterocycles. The van der Waals surface area contributed by atoms with Crippen LogP contribution in [0.2, 0.25) is 0 Å². The lowest BCUT2D eigenvalue weighted by Crippen LogP contribution is -2.30. The zero-order valence-corrected chi connectivity index (χ0v) is 12.1. The second kappa shape index (κ2) is 7.41. The molecule has 0 aliphatic rings. The van der Waals surface area contributed by atoms with Crippen LogP contribution in [0.4, 0.5) is 8.78 Å². The lowest BCUT2D eigenvalue weighted by Gasteiger charge is -2.16. The average Bonchev–Trinajstić information content (AvgIpc) is 2.45. The van der Waals surface area contributed by atoms with E-state index in [0.717, 1.165) is 17.7 Å². The van der Waals surface area contributed by atoms with E-state index < -0.39 is 0 Å². The van der Waals surface area contributed by atoms with Crippen LogP contribution in [0.5, 0.6) is 0 Å². The maximum Gasteiger partial charge on any atom is 0.136 e. The van der Waals surface area contributed by atoms with E-state index in [9.17, 15) is 8.78 Å². The van der Waals surface area contributed by atoms with Gasteiger partial charge >= 0.3 is 0 Å². The van der Waals surface area contributed by atoms with E-state index in [-0.39, 0.29) is 17.7 Å². The van der Waals surface area contributed by atoms with Crippen LogP contribution in [-0.2, 0) is 6.42 Å². The normalized spacial score (nSPS) is 12.3. The molecule has 0 amide bonds. The van der Waals surface area contributed by atoms with Crippen molar-refractivity contribution in [3.8, 4) is 0 Å². The van der Waals surface area contributed by atoms with Gasteiger partial charge in [-0.3, -0.25) is 0 Å². The number of nitrogens with one attached hydrogen (secondary N) is 1. The highest BCUT2D eigenvalue weighted by molar-refractivity contribution is 7.99. The molecule has 0 aliphatic carbocycles. The Morgan fingerprint density at radius 3 is 2.60 bits per heavy atom. The van der Waals surface area contributed by atoms with Gasteiger partial charge < -0.3 is 5.32 Å². The Kier molecular flexibility index (Phi) is 5.56. The van der Waals surface area contributed by atoms with Crippen LogP contribution in [0, 0.1) is 11.6 Å². The van der Waals surface area contributed by atoms with Crippen LogP contribution in [0.1, 0.15) is 5.56 Å². The fourth-order valence-corrected chi connectivity index (χ4v) is 2.99. The Labute approximate surface area is 122 Å². The molecule has 2 aromatic rings. The Bertz CT molecular complexity index is 560. The van der Waals surface area contributed by atoms with E-state index in [2.05, 4.69) is 5.32 Å². The summed E-state index contributed by atoms with van der Waals surface area (Å²) in [6, 6.07) is 13.5. The summed E-state index contributed by atoms with van der Waals surface area (Å²) in [5.74, 6) is 0.311. The van der Waals surface area contributed by atoms with Crippen LogP contribution in [0.25, 0.3) is 0 Å². The molecule has 20 heavy (non-hydrogen) atoms. The molecule has 0 aliphatic heterocycles. The van der Waals surface area contributed by atoms with Crippen LogP contribution < -0.4 is 5.32 Å². The van der Waals surface area contributed by atoms with Gasteiger partial charge in [-0.2, -0.15) is 0 Å². The highest BCUT2D eigenvalue weighted by Crippen LogP contribution is 2.22. The van der Waals surface area contributed by atoms with Gasteiger partial charge in [-0.25, -0.2) is 8.78 Å². The Balaban J connectivity index is 1.94. The van der Waals surface area contributed by atoms with Crippen LogP contribution in [-0.4, -0.2) is 18.8 Å². The number of thioether (sulfide) groups is 1. The van der Waals surface area contributed by atoms with Crippen molar-refractivity contribution in [3.63, 3.8) is 0 Å². The molecular formula is C16H17F2NS. The quantitative estimate of drug-likeness (QED) is 0.811. The molecule has 2 rings (SSSR count). The van der Waals surface area contributed by atoms with Gasteiger partial charge in [-0.1, -0.05) is 24.3 Å². The summed E-state index contributed by atoms with van der Waals surface area (Å²) in [4.78, 5) is 0.645. The van der Waals surface area contributed by atoms with Crippen LogP contribution in [0.15, 0.2) is 53.4 Å². The first kappa shape index (κ1) is 15.0. The standard InChI is InChI=1S/C16H17F2NS/c1-19-14(10-12-5-4-6-13(17)9-12)11-20-16-8-3-2-7-15(16)18/h2-9,14,19H,10-11H2,1H3. The molecule has 0 spiro atoms. The fourth-order valence-electron chi connectivity index (χ4n) is 1.94. The molecule has 0 saturated heterocycles. The first-order valence-corrected chi connectivity index (χ1v) is 7.46. The van der Waals surface area contributed by atoms with E-state index in [4.69, 9.17) is 0 Å². The van der Waals surface area contributed by atoms with Gasteiger partial charge in [-0.15, -0.1) is 11.8 Å². The molecule has 1 unspecified atom stereocenters. The topological polar surface area (TPSA) is 12.0 Å². The number of rotatable bonds is 6. The molecule has 0 radical (unpaired) electrons. The van der Waals surface area contributed by atoms with E-state index >= 15 is 0 Å². The van der Waals surface area contributed by atoms with Crippen molar-refractivity contribution in [1.82, 2.24) is 5.32 Å². The second-order valence-corrected chi connectivity index (χ2v) is 5.62. The lowest BCUT2D eigenvalue weighted by molar-refractivity contribution is 0.595. The van der Waals surface area contributed by atoms with Crippen molar-refractivity contribution >= 4 is 11.8 Å². The van der Waals surface area contributed by atoms with Gasteiger partial charge in [0.05, 0.1) is 0 Å². The molecule has 0 aromatic heterocycles. The van der Waals surface area contributed by atoms with E-state index in [0.29, 0.717) is 4.90 Å². The van der Waals surface area contributed by atoms with Gasteiger partial charge in [0, 0.05) is 16.7 Å². The summed E-state index contributed by atoms with van der Waals surface area (Å²) in [5, 5.41) is 3.19. The molecule has 1 N–H and O–H groups in total. The third kappa shape index (κ3) is 4.32. The molecule has 4 heteroatoms. The third-order valence-electron chi connectivity index (χ3n) is 3.06. The van der Waals surface area contributed by atoms with Crippen molar-refractivity contribution in [2.45, 2.75) is 17.4 Å². The largest absolute Gasteiger partial charge is 0.316 e. The number of likely N-dealkylation sites (N-methyl/N-ethyl adjacent to an activating group) is 1. The molecule has 106 valence electrons. The summed E-state index contributed by atoms with van der Waals surface area (Å²) in [5.41, 5.74) is 0.943. The summed E-state index contributed by atoms with van der Waals surface area (Å²) in [6.07, 6.45) is 0.718. The van der Waals surface area contributed by atoms with Gasteiger partial charge in [0.15, 0.2) is 0 Å². The Morgan fingerprint density at radius 1 is 1.10 bits per heavy atom. The predicted octanol–water partition coefficient (Wildman–Crippen LogP) is 3.89. The molecule has 0 fully saturated rings. The summed E-state index contributed by atoms with van der Waals surface area (Å²) in [6.45, 7) is 0. The van der Waals surface area contributed by atoms with Gasteiger partial charge in [-0.05, 0) is 43.3 Å². The van der Waals surface area contributed by atoms with Gasteiger partial charge in [0.1, 0.15) is 11.6 Å². The number of hydrogen-bond acceptors (Lipinski definition) is 2. The average molecular weight is 293 g/mol. The molecule has 1 nitrogen and oxygen atoms in total. The molecule has 0 bridgehead atoms. The van der Waals surface area contributed by atoms with Crippen LogP contribution in [0.3, 0.4) is 0 Å². The minimum atomic E-state index is -0.223.